The maximum absolute atomic E-state index is 15.1. The van der Waals surface area contributed by atoms with E-state index in [0.717, 1.165) is 29.1 Å². The number of carbonyl (C=O) groups excluding carboxylic acids is 1. The largest absolute Gasteiger partial charge is 0.449 e. The van der Waals surface area contributed by atoms with E-state index in [9.17, 15) is 18.0 Å². The lowest BCUT2D eigenvalue weighted by Crippen LogP contribution is -2.44. The van der Waals surface area contributed by atoms with Crippen LogP contribution in [0.2, 0.25) is 0 Å². The Bertz CT molecular complexity index is 1350. The summed E-state index contributed by atoms with van der Waals surface area (Å²) in [6.07, 6.45) is 1.45. The van der Waals surface area contributed by atoms with Crippen molar-refractivity contribution in [2.24, 2.45) is 0 Å². The molecule has 12 heteroatoms. The summed E-state index contributed by atoms with van der Waals surface area (Å²) in [5.74, 6) is -1.84. The van der Waals surface area contributed by atoms with Crippen LogP contribution < -0.4 is 9.80 Å². The van der Waals surface area contributed by atoms with E-state index in [1.807, 2.05) is 0 Å². The molecule has 3 heterocycles. The Morgan fingerprint density at radius 2 is 1.92 bits per heavy atom. The van der Waals surface area contributed by atoms with Gasteiger partial charge in [-0.1, -0.05) is 0 Å². The minimum absolute atomic E-state index is 0.208. The van der Waals surface area contributed by atoms with Gasteiger partial charge in [0.1, 0.15) is 17.4 Å². The summed E-state index contributed by atoms with van der Waals surface area (Å²) in [7, 11) is 0. The highest BCUT2D eigenvalue weighted by molar-refractivity contribution is 7.81. The lowest BCUT2D eigenvalue weighted by molar-refractivity contribution is -0.140. The van der Waals surface area contributed by atoms with Gasteiger partial charge in [-0.3, -0.25) is 14.7 Å². The van der Waals surface area contributed by atoms with Crippen molar-refractivity contribution in [3.63, 3.8) is 0 Å². The molecule has 0 unspecified atom stereocenters. The van der Waals surface area contributed by atoms with Crippen molar-refractivity contribution in [2.75, 3.05) is 9.80 Å². The number of carbonyl (C=O) groups is 1. The molecular weight excluding hydrogens is 498 g/mol. The van der Waals surface area contributed by atoms with Crippen LogP contribution in [-0.4, -0.2) is 26.5 Å². The van der Waals surface area contributed by atoms with E-state index < -0.39 is 40.3 Å². The molecular formula is C24H19F4N5O2S. The van der Waals surface area contributed by atoms with Crippen LogP contribution in [0.15, 0.2) is 47.3 Å². The van der Waals surface area contributed by atoms with Gasteiger partial charge in [0.15, 0.2) is 16.8 Å². The Labute approximate surface area is 209 Å². The monoisotopic (exact) mass is 517 g/mol. The maximum atomic E-state index is 15.1. The number of pyridine rings is 1. The fraction of sp³-hybridized carbons (Fsp3) is 0.292. The van der Waals surface area contributed by atoms with E-state index in [4.69, 9.17) is 21.9 Å². The molecule has 2 aromatic heterocycles. The minimum atomic E-state index is -5.14. The number of aryl methyl sites for hydroxylation is 2. The second-order valence-corrected chi connectivity index (χ2v) is 8.90. The molecule has 1 aliphatic rings. The lowest BCUT2D eigenvalue weighted by atomic mass is 10.0. The first-order chi connectivity index (χ1) is 17.0. The Morgan fingerprint density at radius 1 is 1.17 bits per heavy atom. The molecule has 0 N–H and O–H groups in total. The van der Waals surface area contributed by atoms with Gasteiger partial charge < -0.3 is 9.32 Å². The van der Waals surface area contributed by atoms with Crippen LogP contribution in [0.3, 0.4) is 0 Å². The third-order valence-corrected chi connectivity index (χ3v) is 6.17. The summed E-state index contributed by atoms with van der Waals surface area (Å²) in [4.78, 5) is 23.9. The molecule has 1 aliphatic heterocycles. The standard InChI is InChI=1S/C24H19F4N5O2S/c1-23(2)21(34)32(17-9-6-14(12-29)19(20(17)25)24(26,27)28)22(36)33(23)16-8-7-15(31-13-16)4-3-5-18-30-10-11-35-18/h6-11,13H,3-5H2,1-2H3. The highest BCUT2D eigenvalue weighted by atomic mass is 32.1. The van der Waals surface area contributed by atoms with Gasteiger partial charge >= 0.3 is 6.18 Å². The normalized spacial score (nSPS) is 15.5. The number of aromatic nitrogens is 2. The highest BCUT2D eigenvalue weighted by Crippen LogP contribution is 2.41. The van der Waals surface area contributed by atoms with Gasteiger partial charge in [0, 0.05) is 12.1 Å². The molecule has 7 nitrogen and oxygen atoms in total. The van der Waals surface area contributed by atoms with Crippen LogP contribution in [0.25, 0.3) is 0 Å². The first-order valence-corrected chi connectivity index (χ1v) is 11.2. The van der Waals surface area contributed by atoms with E-state index >= 15 is 4.39 Å². The van der Waals surface area contributed by atoms with Crippen molar-refractivity contribution < 1.29 is 26.8 Å². The summed E-state index contributed by atoms with van der Waals surface area (Å²) in [6, 6.07) is 6.55. The van der Waals surface area contributed by atoms with Crippen LogP contribution in [0, 0.1) is 17.1 Å². The van der Waals surface area contributed by atoms with Gasteiger partial charge in [-0.15, -0.1) is 0 Å². The third kappa shape index (κ3) is 4.42. The van der Waals surface area contributed by atoms with Crippen LogP contribution in [0.5, 0.6) is 0 Å². The number of hydrogen-bond donors (Lipinski definition) is 0. The molecule has 0 atom stereocenters. The SMILES string of the molecule is CC1(C)C(=O)N(c2ccc(C#N)c(C(F)(F)F)c2F)C(=S)N1c1ccc(CCCc2ncco2)nc1. The van der Waals surface area contributed by atoms with Crippen molar-refractivity contribution in [3.8, 4) is 6.07 Å². The van der Waals surface area contributed by atoms with Crippen LogP contribution >= 0.6 is 12.2 Å². The zero-order valence-electron chi connectivity index (χ0n) is 19.1. The molecule has 3 aromatic rings. The second kappa shape index (κ2) is 9.31. The van der Waals surface area contributed by atoms with E-state index in [-0.39, 0.29) is 5.11 Å². The van der Waals surface area contributed by atoms with Crippen molar-refractivity contribution in [3.05, 3.63) is 71.5 Å². The van der Waals surface area contributed by atoms with Crippen molar-refractivity contribution in [1.29, 1.82) is 5.26 Å². The van der Waals surface area contributed by atoms with E-state index in [1.54, 1.807) is 18.3 Å². The number of nitriles is 1. The predicted octanol–water partition coefficient (Wildman–Crippen LogP) is 5.19. The number of benzene rings is 1. The second-order valence-electron chi connectivity index (χ2n) is 8.54. The Hall–Kier alpha value is -3.85. The van der Waals surface area contributed by atoms with Crippen molar-refractivity contribution in [2.45, 2.75) is 44.8 Å². The highest BCUT2D eigenvalue weighted by Gasteiger charge is 2.52. The van der Waals surface area contributed by atoms with Gasteiger partial charge in [-0.05, 0) is 63.2 Å². The Balaban J connectivity index is 1.62. The summed E-state index contributed by atoms with van der Waals surface area (Å²) < 4.78 is 60.8. The number of alkyl halides is 3. The zero-order valence-corrected chi connectivity index (χ0v) is 20.0. The van der Waals surface area contributed by atoms with E-state index in [2.05, 4.69) is 9.97 Å². The fourth-order valence-corrected chi connectivity index (χ4v) is 4.56. The van der Waals surface area contributed by atoms with Gasteiger partial charge in [0.05, 0.1) is 35.4 Å². The molecule has 0 saturated carbocycles. The number of anilines is 2. The summed E-state index contributed by atoms with van der Waals surface area (Å²) in [6.45, 7) is 3.05. The molecule has 1 amide bonds. The number of oxazole rings is 1. The Kier molecular flexibility index (Phi) is 6.53. The Morgan fingerprint density at radius 3 is 2.50 bits per heavy atom. The van der Waals surface area contributed by atoms with Crippen LogP contribution in [0.4, 0.5) is 28.9 Å². The number of rotatable bonds is 6. The molecule has 0 spiro atoms. The molecule has 0 bridgehead atoms. The van der Waals surface area contributed by atoms with Crippen LogP contribution in [-0.2, 0) is 23.8 Å². The fourth-order valence-electron chi connectivity index (χ4n) is 4.04. The molecule has 1 fully saturated rings. The summed E-state index contributed by atoms with van der Waals surface area (Å²) in [5.41, 5.74) is -3.47. The quantitative estimate of drug-likeness (QED) is 0.329. The number of thiocarbonyl (C=S) groups is 1. The average molecular weight is 518 g/mol. The van der Waals surface area contributed by atoms with Gasteiger partial charge in [0.25, 0.3) is 5.91 Å². The number of hydrogen-bond acceptors (Lipinski definition) is 6. The third-order valence-electron chi connectivity index (χ3n) is 5.81. The average Bonchev–Trinajstić information content (AvgIpc) is 3.39. The van der Waals surface area contributed by atoms with Crippen LogP contribution in [0.1, 0.15) is 43.0 Å². The van der Waals surface area contributed by atoms with Gasteiger partial charge in [-0.25, -0.2) is 9.37 Å². The van der Waals surface area contributed by atoms with Gasteiger partial charge in [-0.2, -0.15) is 18.4 Å². The van der Waals surface area contributed by atoms with E-state index in [1.165, 1.54) is 37.3 Å². The number of nitrogens with zero attached hydrogens (tertiary/aromatic N) is 5. The topological polar surface area (TPSA) is 86.3 Å². The molecule has 0 radical (unpaired) electrons. The first kappa shape index (κ1) is 25.2. The first-order valence-electron chi connectivity index (χ1n) is 10.8. The smallest absolute Gasteiger partial charge is 0.420 e. The lowest BCUT2D eigenvalue weighted by Gasteiger charge is -2.29. The molecule has 4 rings (SSSR count). The molecule has 186 valence electrons. The predicted molar refractivity (Wildman–Crippen MR) is 126 cm³/mol. The van der Waals surface area contributed by atoms with Gasteiger partial charge in [0.2, 0.25) is 0 Å². The number of halogens is 4. The maximum Gasteiger partial charge on any atom is 0.420 e. The van der Waals surface area contributed by atoms with Crippen molar-refractivity contribution >= 4 is 34.6 Å². The molecule has 1 saturated heterocycles. The molecule has 36 heavy (non-hydrogen) atoms. The zero-order chi connectivity index (χ0) is 26.3. The number of amides is 1. The molecule has 1 aromatic carbocycles. The minimum Gasteiger partial charge on any atom is -0.449 e. The summed E-state index contributed by atoms with van der Waals surface area (Å²) in [5, 5.41) is 8.81. The van der Waals surface area contributed by atoms with E-state index in [0.29, 0.717) is 24.4 Å². The molecule has 0 aliphatic carbocycles. The van der Waals surface area contributed by atoms with Crippen molar-refractivity contribution in [1.82, 2.24) is 9.97 Å². The summed E-state index contributed by atoms with van der Waals surface area (Å²) >= 11 is 5.43.